The molecule has 0 amide bonds. The minimum absolute atomic E-state index is 0.574. The third-order valence-corrected chi connectivity index (χ3v) is 2.84. The van der Waals surface area contributed by atoms with Gasteiger partial charge in [-0.05, 0) is 31.5 Å². The van der Waals surface area contributed by atoms with Gasteiger partial charge in [0, 0.05) is 11.3 Å². The monoisotopic (exact) mass is 227 g/mol. The van der Waals surface area contributed by atoms with E-state index in [1.165, 1.54) is 5.56 Å². The van der Waals surface area contributed by atoms with Crippen LogP contribution in [-0.2, 0) is 6.61 Å². The number of nitrogens with two attached hydrogens (primary N) is 1. The lowest BCUT2D eigenvalue weighted by molar-refractivity contribution is 0.304. The molecule has 0 saturated carbocycles. The molecule has 0 aromatic heterocycles. The Bertz CT molecular complexity index is 503. The van der Waals surface area contributed by atoms with E-state index in [-0.39, 0.29) is 0 Å². The Morgan fingerprint density at radius 3 is 2.41 bits per heavy atom. The largest absolute Gasteiger partial charge is 0.489 e. The number of rotatable bonds is 3. The minimum atomic E-state index is 0.574. The van der Waals surface area contributed by atoms with Gasteiger partial charge in [0.1, 0.15) is 12.4 Å². The first-order valence-corrected chi connectivity index (χ1v) is 5.70. The van der Waals surface area contributed by atoms with Crippen molar-refractivity contribution in [2.24, 2.45) is 0 Å². The standard InChI is InChI=1S/C15H17NO/c1-11-6-8-13(9-7-11)10-17-15-5-3-4-14(16)12(15)2/h3-9H,10,16H2,1-2H3. The third kappa shape index (κ3) is 2.78. The molecule has 0 spiro atoms. The predicted molar refractivity (Wildman–Crippen MR) is 71.1 cm³/mol. The lowest BCUT2D eigenvalue weighted by Crippen LogP contribution is -1.99. The molecule has 2 heteroatoms. The second kappa shape index (κ2) is 4.91. The summed E-state index contributed by atoms with van der Waals surface area (Å²) < 4.78 is 5.76. The van der Waals surface area contributed by atoms with Crippen LogP contribution in [0.5, 0.6) is 5.75 Å². The van der Waals surface area contributed by atoms with Gasteiger partial charge in [0.25, 0.3) is 0 Å². The van der Waals surface area contributed by atoms with Crippen LogP contribution in [0.15, 0.2) is 42.5 Å². The number of anilines is 1. The summed E-state index contributed by atoms with van der Waals surface area (Å²) in [5.41, 5.74) is 10.0. The molecule has 0 fully saturated rings. The van der Waals surface area contributed by atoms with Crippen LogP contribution in [0.4, 0.5) is 5.69 Å². The van der Waals surface area contributed by atoms with Gasteiger partial charge in [0.15, 0.2) is 0 Å². The molecule has 2 N–H and O–H groups in total. The van der Waals surface area contributed by atoms with Crippen molar-refractivity contribution in [1.82, 2.24) is 0 Å². The molecule has 0 aliphatic rings. The first kappa shape index (κ1) is 11.5. The lowest BCUT2D eigenvalue weighted by Gasteiger charge is -2.10. The first-order chi connectivity index (χ1) is 8.16. The maximum absolute atomic E-state index is 5.83. The summed E-state index contributed by atoms with van der Waals surface area (Å²) in [6.45, 7) is 4.62. The Hall–Kier alpha value is -1.96. The maximum atomic E-state index is 5.83. The van der Waals surface area contributed by atoms with Crippen molar-refractivity contribution < 1.29 is 4.74 Å². The van der Waals surface area contributed by atoms with Crippen molar-refractivity contribution in [1.29, 1.82) is 0 Å². The van der Waals surface area contributed by atoms with Crippen molar-refractivity contribution in [3.63, 3.8) is 0 Å². The first-order valence-electron chi connectivity index (χ1n) is 5.70. The van der Waals surface area contributed by atoms with Crippen LogP contribution in [-0.4, -0.2) is 0 Å². The molecule has 0 heterocycles. The molecule has 0 saturated heterocycles. The molecule has 2 aromatic rings. The van der Waals surface area contributed by atoms with E-state index < -0.39 is 0 Å². The average Bonchev–Trinajstić information content (AvgIpc) is 2.33. The Morgan fingerprint density at radius 1 is 1.00 bits per heavy atom. The highest BCUT2D eigenvalue weighted by Gasteiger charge is 2.02. The summed E-state index contributed by atoms with van der Waals surface area (Å²) in [6, 6.07) is 14.1. The van der Waals surface area contributed by atoms with Crippen LogP contribution in [0, 0.1) is 13.8 Å². The Labute approximate surface area is 102 Å². The Balaban J connectivity index is 2.07. The number of nitrogen functional groups attached to an aromatic ring is 1. The Kier molecular flexibility index (Phi) is 3.33. The average molecular weight is 227 g/mol. The molecule has 2 aromatic carbocycles. The molecular formula is C15H17NO. The molecule has 0 radical (unpaired) electrons. The number of ether oxygens (including phenoxy) is 1. The second-order valence-corrected chi connectivity index (χ2v) is 4.24. The van der Waals surface area contributed by atoms with Crippen LogP contribution >= 0.6 is 0 Å². The number of hydrogen-bond acceptors (Lipinski definition) is 2. The van der Waals surface area contributed by atoms with Gasteiger partial charge in [0.05, 0.1) is 0 Å². The summed E-state index contributed by atoms with van der Waals surface area (Å²) in [5, 5.41) is 0. The van der Waals surface area contributed by atoms with Crippen LogP contribution in [0.3, 0.4) is 0 Å². The highest BCUT2D eigenvalue weighted by atomic mass is 16.5. The van der Waals surface area contributed by atoms with E-state index in [0.717, 1.165) is 22.6 Å². The minimum Gasteiger partial charge on any atom is -0.489 e. The smallest absolute Gasteiger partial charge is 0.124 e. The molecule has 0 bridgehead atoms. The highest BCUT2D eigenvalue weighted by Crippen LogP contribution is 2.23. The van der Waals surface area contributed by atoms with Crippen LogP contribution < -0.4 is 10.5 Å². The Morgan fingerprint density at radius 2 is 1.71 bits per heavy atom. The topological polar surface area (TPSA) is 35.2 Å². The lowest BCUT2D eigenvalue weighted by atomic mass is 10.1. The van der Waals surface area contributed by atoms with Gasteiger partial charge < -0.3 is 10.5 Å². The summed E-state index contributed by atoms with van der Waals surface area (Å²) >= 11 is 0. The van der Waals surface area contributed by atoms with Gasteiger partial charge in [0.2, 0.25) is 0 Å². The highest BCUT2D eigenvalue weighted by molar-refractivity contribution is 5.53. The predicted octanol–water partition coefficient (Wildman–Crippen LogP) is 3.46. The SMILES string of the molecule is Cc1ccc(COc2cccc(N)c2C)cc1. The normalized spacial score (nSPS) is 10.2. The van der Waals surface area contributed by atoms with Crippen LogP contribution in [0.2, 0.25) is 0 Å². The summed E-state index contributed by atoms with van der Waals surface area (Å²) in [4.78, 5) is 0. The fourth-order valence-corrected chi connectivity index (χ4v) is 1.63. The van der Waals surface area contributed by atoms with E-state index in [2.05, 4.69) is 31.2 Å². The van der Waals surface area contributed by atoms with E-state index in [0.29, 0.717) is 6.61 Å². The molecule has 88 valence electrons. The van der Waals surface area contributed by atoms with E-state index in [1.54, 1.807) is 0 Å². The molecule has 2 rings (SSSR count). The van der Waals surface area contributed by atoms with Crippen molar-refractivity contribution in [3.8, 4) is 5.75 Å². The zero-order chi connectivity index (χ0) is 12.3. The molecular weight excluding hydrogens is 210 g/mol. The van der Waals surface area contributed by atoms with Crippen molar-refractivity contribution in [2.75, 3.05) is 5.73 Å². The fraction of sp³-hybridized carbons (Fsp3) is 0.200. The fourth-order valence-electron chi connectivity index (χ4n) is 1.63. The molecule has 0 atom stereocenters. The van der Waals surface area contributed by atoms with E-state index in [4.69, 9.17) is 10.5 Å². The van der Waals surface area contributed by atoms with Gasteiger partial charge in [-0.25, -0.2) is 0 Å². The van der Waals surface area contributed by atoms with Gasteiger partial charge >= 0.3 is 0 Å². The zero-order valence-corrected chi connectivity index (χ0v) is 10.2. The van der Waals surface area contributed by atoms with Gasteiger partial charge in [-0.1, -0.05) is 35.9 Å². The number of hydrogen-bond donors (Lipinski definition) is 1. The van der Waals surface area contributed by atoms with Crippen molar-refractivity contribution in [3.05, 3.63) is 59.2 Å². The molecule has 17 heavy (non-hydrogen) atoms. The summed E-state index contributed by atoms with van der Waals surface area (Å²) in [5.74, 6) is 0.852. The van der Waals surface area contributed by atoms with Gasteiger partial charge in [-0.2, -0.15) is 0 Å². The maximum Gasteiger partial charge on any atom is 0.124 e. The molecule has 0 aliphatic carbocycles. The van der Waals surface area contributed by atoms with E-state index >= 15 is 0 Å². The van der Waals surface area contributed by atoms with Crippen molar-refractivity contribution >= 4 is 5.69 Å². The van der Waals surface area contributed by atoms with Gasteiger partial charge in [-0.3, -0.25) is 0 Å². The number of benzene rings is 2. The molecule has 0 unspecified atom stereocenters. The van der Waals surface area contributed by atoms with Gasteiger partial charge in [-0.15, -0.1) is 0 Å². The molecule has 0 aliphatic heterocycles. The second-order valence-electron chi connectivity index (χ2n) is 4.24. The van der Waals surface area contributed by atoms with E-state index in [9.17, 15) is 0 Å². The molecule has 2 nitrogen and oxygen atoms in total. The third-order valence-electron chi connectivity index (χ3n) is 2.84. The van der Waals surface area contributed by atoms with Crippen LogP contribution in [0.1, 0.15) is 16.7 Å². The zero-order valence-electron chi connectivity index (χ0n) is 10.2. The van der Waals surface area contributed by atoms with E-state index in [1.807, 2.05) is 25.1 Å². The van der Waals surface area contributed by atoms with Crippen LogP contribution in [0.25, 0.3) is 0 Å². The quantitative estimate of drug-likeness (QED) is 0.815. The number of aryl methyl sites for hydroxylation is 1. The summed E-state index contributed by atoms with van der Waals surface area (Å²) in [6.07, 6.45) is 0. The summed E-state index contributed by atoms with van der Waals surface area (Å²) in [7, 11) is 0. The van der Waals surface area contributed by atoms with Crippen molar-refractivity contribution in [2.45, 2.75) is 20.5 Å².